The molecular formula is C16H13ClFN3O3S2. The lowest BCUT2D eigenvalue weighted by Crippen LogP contribution is -2.05. The molecule has 3 rings (SSSR count). The number of thiazole rings is 1. The van der Waals surface area contributed by atoms with E-state index < -0.39 is 11.8 Å². The number of aryl methyl sites for hydroxylation is 1. The van der Waals surface area contributed by atoms with Crippen LogP contribution in [0.1, 0.15) is 21.1 Å². The second kappa shape index (κ2) is 7.65. The number of halogens is 2. The summed E-state index contributed by atoms with van der Waals surface area (Å²) in [5.41, 5.74) is 0.970. The molecular weight excluding hydrogens is 401 g/mol. The van der Waals surface area contributed by atoms with Crippen LogP contribution in [0.2, 0.25) is 0 Å². The van der Waals surface area contributed by atoms with E-state index in [1.54, 1.807) is 0 Å². The Bertz CT molecular complexity index is 974. The Labute approximate surface area is 161 Å². The lowest BCUT2D eigenvalue weighted by atomic mass is 10.1. The normalized spacial score (nSPS) is 10.8. The third-order valence-electron chi connectivity index (χ3n) is 3.51. The molecule has 0 aliphatic rings. The molecule has 0 fully saturated rings. The molecule has 0 atom stereocenters. The fraction of sp³-hybridized carbons (Fsp3) is 0.250. The van der Waals surface area contributed by atoms with E-state index in [0.717, 1.165) is 33.2 Å². The molecule has 0 radical (unpaired) electrons. The van der Waals surface area contributed by atoms with Crippen molar-refractivity contribution in [3.05, 3.63) is 34.2 Å². The van der Waals surface area contributed by atoms with Gasteiger partial charge in [0.2, 0.25) is 0 Å². The summed E-state index contributed by atoms with van der Waals surface area (Å²) in [6.45, 7) is 1.84. The Morgan fingerprint density at radius 3 is 2.69 bits per heavy atom. The van der Waals surface area contributed by atoms with Crippen molar-refractivity contribution in [3.8, 4) is 27.0 Å². The Balaban J connectivity index is 2.04. The maximum atomic E-state index is 14.5. The van der Waals surface area contributed by atoms with Crippen molar-refractivity contribution in [2.45, 2.75) is 12.8 Å². The van der Waals surface area contributed by atoms with Gasteiger partial charge in [-0.05, 0) is 30.6 Å². The summed E-state index contributed by atoms with van der Waals surface area (Å²) >= 11 is 8.27. The maximum absolute atomic E-state index is 14.5. The van der Waals surface area contributed by atoms with Crippen LogP contribution in [0.15, 0.2) is 12.1 Å². The summed E-state index contributed by atoms with van der Waals surface area (Å²) in [6, 6.07) is 2.49. The van der Waals surface area contributed by atoms with Crippen LogP contribution >= 0.6 is 34.5 Å². The zero-order chi connectivity index (χ0) is 18.8. The highest BCUT2D eigenvalue weighted by molar-refractivity contribution is 7.15. The lowest BCUT2D eigenvalue weighted by molar-refractivity contribution is 0.0596. The van der Waals surface area contributed by atoms with Gasteiger partial charge < -0.3 is 9.47 Å². The molecule has 2 heterocycles. The monoisotopic (exact) mass is 413 g/mol. The highest BCUT2D eigenvalue weighted by Crippen LogP contribution is 2.35. The molecule has 0 aliphatic carbocycles. The van der Waals surface area contributed by atoms with Crippen molar-refractivity contribution < 1.29 is 18.7 Å². The lowest BCUT2D eigenvalue weighted by Gasteiger charge is -2.09. The fourth-order valence-corrected chi connectivity index (χ4v) is 4.11. The number of rotatable bonds is 5. The SMILES string of the molecule is COC(=O)c1cc(F)c(-c2nc(-c3sc(CCl)nc3C)ns2)cc1OC. The number of aromatic nitrogens is 3. The number of esters is 1. The minimum atomic E-state index is -0.681. The second-order valence-electron chi connectivity index (χ2n) is 5.10. The number of benzene rings is 1. The summed E-state index contributed by atoms with van der Waals surface area (Å²) < 4.78 is 28.7. The molecule has 3 aromatic rings. The number of alkyl halides is 1. The standard InChI is InChI=1S/C16H13ClFN3O3S2/c1-7-13(25-12(6-17)19-7)14-20-15(26-21-14)8-5-11(23-2)9(4-10(8)18)16(22)24-3/h4-5H,6H2,1-3H3. The first-order chi connectivity index (χ1) is 12.5. The number of hydrogen-bond donors (Lipinski definition) is 0. The van der Waals surface area contributed by atoms with Gasteiger partial charge in [0.25, 0.3) is 0 Å². The van der Waals surface area contributed by atoms with E-state index in [1.807, 2.05) is 6.92 Å². The first-order valence-electron chi connectivity index (χ1n) is 7.31. The summed E-state index contributed by atoms with van der Waals surface area (Å²) in [5, 5.41) is 1.14. The second-order valence-corrected chi connectivity index (χ2v) is 7.21. The Morgan fingerprint density at radius 1 is 1.31 bits per heavy atom. The molecule has 0 unspecified atom stereocenters. The minimum Gasteiger partial charge on any atom is -0.496 e. The Hall–Kier alpha value is -2.10. The van der Waals surface area contributed by atoms with E-state index in [4.69, 9.17) is 16.3 Å². The Kier molecular flexibility index (Phi) is 5.49. The number of nitrogens with zero attached hydrogens (tertiary/aromatic N) is 3. The molecule has 6 nitrogen and oxygen atoms in total. The fourth-order valence-electron chi connectivity index (χ4n) is 2.30. The van der Waals surface area contributed by atoms with Crippen molar-refractivity contribution in [1.29, 1.82) is 0 Å². The van der Waals surface area contributed by atoms with E-state index in [2.05, 4.69) is 19.1 Å². The van der Waals surface area contributed by atoms with E-state index in [9.17, 15) is 9.18 Å². The number of ether oxygens (including phenoxy) is 2. The van der Waals surface area contributed by atoms with Gasteiger partial charge in [0.15, 0.2) is 5.82 Å². The van der Waals surface area contributed by atoms with Crippen LogP contribution in [0.25, 0.3) is 21.3 Å². The molecule has 1 aromatic carbocycles. The van der Waals surface area contributed by atoms with Crippen LogP contribution in [0.5, 0.6) is 5.75 Å². The quantitative estimate of drug-likeness (QED) is 0.458. The van der Waals surface area contributed by atoms with Crippen LogP contribution in [0.3, 0.4) is 0 Å². The highest BCUT2D eigenvalue weighted by atomic mass is 35.5. The van der Waals surface area contributed by atoms with Crippen LogP contribution < -0.4 is 4.74 Å². The van der Waals surface area contributed by atoms with Gasteiger partial charge in [0.1, 0.15) is 27.1 Å². The van der Waals surface area contributed by atoms with Gasteiger partial charge in [0.05, 0.1) is 36.2 Å². The van der Waals surface area contributed by atoms with E-state index in [0.29, 0.717) is 16.7 Å². The van der Waals surface area contributed by atoms with Gasteiger partial charge in [-0.25, -0.2) is 19.2 Å². The molecule has 0 saturated carbocycles. The highest BCUT2D eigenvalue weighted by Gasteiger charge is 2.21. The molecule has 136 valence electrons. The average molecular weight is 414 g/mol. The zero-order valence-corrected chi connectivity index (χ0v) is 16.4. The topological polar surface area (TPSA) is 74.2 Å². The summed E-state index contributed by atoms with van der Waals surface area (Å²) in [5.74, 6) is -0.325. The summed E-state index contributed by atoms with van der Waals surface area (Å²) in [7, 11) is 2.61. The maximum Gasteiger partial charge on any atom is 0.341 e. The van der Waals surface area contributed by atoms with Gasteiger partial charge in [-0.3, -0.25) is 0 Å². The molecule has 0 spiro atoms. The summed E-state index contributed by atoms with van der Waals surface area (Å²) in [4.78, 5) is 21.3. The third-order valence-corrected chi connectivity index (χ3v) is 5.82. The predicted octanol–water partition coefficient (Wildman–Crippen LogP) is 4.31. The van der Waals surface area contributed by atoms with Crippen molar-refractivity contribution >= 4 is 40.4 Å². The van der Waals surface area contributed by atoms with Gasteiger partial charge in [0, 0.05) is 0 Å². The molecule has 0 amide bonds. The van der Waals surface area contributed by atoms with Crippen LogP contribution in [-0.4, -0.2) is 34.5 Å². The minimum absolute atomic E-state index is 0.00560. The van der Waals surface area contributed by atoms with Gasteiger partial charge in [-0.15, -0.1) is 22.9 Å². The molecule has 0 saturated heterocycles. The smallest absolute Gasteiger partial charge is 0.341 e. The molecule has 10 heteroatoms. The van der Waals surface area contributed by atoms with E-state index >= 15 is 0 Å². The molecule has 2 aromatic heterocycles. The molecule has 0 aliphatic heterocycles. The third kappa shape index (κ3) is 3.42. The van der Waals surface area contributed by atoms with E-state index in [-0.39, 0.29) is 16.9 Å². The molecule has 0 N–H and O–H groups in total. The first kappa shape index (κ1) is 18.7. The Morgan fingerprint density at radius 2 is 2.08 bits per heavy atom. The van der Waals surface area contributed by atoms with Crippen LogP contribution in [-0.2, 0) is 10.6 Å². The molecule has 26 heavy (non-hydrogen) atoms. The number of hydrogen-bond acceptors (Lipinski definition) is 8. The first-order valence-corrected chi connectivity index (χ1v) is 9.43. The van der Waals surface area contributed by atoms with Crippen LogP contribution in [0.4, 0.5) is 4.39 Å². The van der Waals surface area contributed by atoms with Crippen LogP contribution in [0, 0.1) is 12.7 Å². The average Bonchev–Trinajstić information content (AvgIpc) is 3.27. The van der Waals surface area contributed by atoms with Gasteiger partial charge >= 0.3 is 5.97 Å². The molecule has 0 bridgehead atoms. The summed E-state index contributed by atoms with van der Waals surface area (Å²) in [6.07, 6.45) is 0. The van der Waals surface area contributed by atoms with Crippen molar-refractivity contribution in [3.63, 3.8) is 0 Å². The van der Waals surface area contributed by atoms with Crippen molar-refractivity contribution in [2.24, 2.45) is 0 Å². The zero-order valence-electron chi connectivity index (χ0n) is 14.0. The van der Waals surface area contributed by atoms with E-state index in [1.165, 1.54) is 31.6 Å². The number of methoxy groups -OCH3 is 2. The van der Waals surface area contributed by atoms with Crippen molar-refractivity contribution in [2.75, 3.05) is 14.2 Å². The predicted molar refractivity (Wildman–Crippen MR) is 98.6 cm³/mol. The van der Waals surface area contributed by atoms with Crippen molar-refractivity contribution in [1.82, 2.24) is 14.3 Å². The van der Waals surface area contributed by atoms with Gasteiger partial charge in [-0.1, -0.05) is 0 Å². The van der Waals surface area contributed by atoms with Gasteiger partial charge in [-0.2, -0.15) is 4.37 Å². The largest absolute Gasteiger partial charge is 0.496 e. The number of carbonyl (C=O) groups excluding carboxylic acids is 1. The number of carbonyl (C=O) groups is 1.